The van der Waals surface area contributed by atoms with Gasteiger partial charge in [0.1, 0.15) is 11.4 Å². The number of amides is 1. The highest BCUT2D eigenvalue weighted by Gasteiger charge is 2.11. The van der Waals surface area contributed by atoms with Gasteiger partial charge >= 0.3 is 5.97 Å². The van der Waals surface area contributed by atoms with Crippen LogP contribution >= 0.6 is 0 Å². The van der Waals surface area contributed by atoms with Crippen molar-refractivity contribution >= 4 is 18.0 Å². The van der Waals surface area contributed by atoms with Crippen molar-refractivity contribution in [3.05, 3.63) is 35.5 Å². The van der Waals surface area contributed by atoms with Gasteiger partial charge in [-0.3, -0.25) is 4.79 Å². The first-order valence-electron chi connectivity index (χ1n) is 5.88. The largest absolute Gasteiger partial charge is 0.490 e. The Morgan fingerprint density at radius 3 is 2.47 bits per heavy atom. The SMILES string of the molecule is CC(=O)NC(=Cc1ccccc1OC(C)C)C(=O)O. The molecule has 0 aromatic heterocycles. The third-order valence-corrected chi connectivity index (χ3v) is 2.12. The van der Waals surface area contributed by atoms with E-state index in [9.17, 15) is 9.59 Å². The topological polar surface area (TPSA) is 75.6 Å². The summed E-state index contributed by atoms with van der Waals surface area (Å²) < 4.78 is 5.58. The lowest BCUT2D eigenvalue weighted by molar-refractivity contribution is -0.134. The summed E-state index contributed by atoms with van der Waals surface area (Å²) in [6.45, 7) is 5.02. The predicted molar refractivity (Wildman–Crippen MR) is 71.6 cm³/mol. The first-order valence-corrected chi connectivity index (χ1v) is 5.88. The third-order valence-electron chi connectivity index (χ3n) is 2.12. The lowest BCUT2D eigenvalue weighted by Crippen LogP contribution is -2.24. The minimum Gasteiger partial charge on any atom is -0.490 e. The molecule has 0 aliphatic carbocycles. The van der Waals surface area contributed by atoms with Crippen molar-refractivity contribution in [2.24, 2.45) is 0 Å². The van der Waals surface area contributed by atoms with Crippen LogP contribution in [0.25, 0.3) is 6.08 Å². The summed E-state index contributed by atoms with van der Waals surface area (Å²) in [7, 11) is 0. The van der Waals surface area contributed by atoms with E-state index in [2.05, 4.69) is 5.32 Å². The van der Waals surface area contributed by atoms with E-state index < -0.39 is 11.9 Å². The summed E-state index contributed by atoms with van der Waals surface area (Å²) >= 11 is 0. The van der Waals surface area contributed by atoms with Gasteiger partial charge < -0.3 is 15.2 Å². The molecule has 0 aliphatic heterocycles. The quantitative estimate of drug-likeness (QED) is 0.797. The van der Waals surface area contributed by atoms with Crippen LogP contribution in [0.15, 0.2) is 30.0 Å². The summed E-state index contributed by atoms with van der Waals surface area (Å²) in [5.41, 5.74) is 0.412. The van der Waals surface area contributed by atoms with E-state index in [1.807, 2.05) is 13.8 Å². The molecule has 0 heterocycles. The molecular weight excluding hydrogens is 246 g/mol. The minimum atomic E-state index is -1.20. The summed E-state index contributed by atoms with van der Waals surface area (Å²) in [6, 6.07) is 7.04. The number of carboxylic acids is 1. The van der Waals surface area contributed by atoms with Gasteiger partial charge in [0, 0.05) is 12.5 Å². The minimum absolute atomic E-state index is 0.0244. The number of carbonyl (C=O) groups is 2. The zero-order valence-electron chi connectivity index (χ0n) is 11.1. The van der Waals surface area contributed by atoms with Crippen molar-refractivity contribution in [3.63, 3.8) is 0 Å². The van der Waals surface area contributed by atoms with E-state index in [1.165, 1.54) is 13.0 Å². The van der Waals surface area contributed by atoms with Gasteiger partial charge in [-0.05, 0) is 26.0 Å². The van der Waals surface area contributed by atoms with Crippen LogP contribution in [0.4, 0.5) is 0 Å². The van der Waals surface area contributed by atoms with Crippen molar-refractivity contribution in [1.29, 1.82) is 0 Å². The summed E-state index contributed by atoms with van der Waals surface area (Å²) in [5.74, 6) is -1.06. The van der Waals surface area contributed by atoms with Crippen molar-refractivity contribution in [3.8, 4) is 5.75 Å². The van der Waals surface area contributed by atoms with Crippen LogP contribution in [0.2, 0.25) is 0 Å². The highest BCUT2D eigenvalue weighted by atomic mass is 16.5. The van der Waals surface area contributed by atoms with Crippen molar-refractivity contribution in [2.45, 2.75) is 26.9 Å². The Kier molecular flexibility index (Phi) is 5.11. The molecule has 2 N–H and O–H groups in total. The van der Waals surface area contributed by atoms with Gasteiger partial charge in [-0.2, -0.15) is 0 Å². The second-order valence-corrected chi connectivity index (χ2v) is 4.25. The normalized spacial score (nSPS) is 11.3. The Hall–Kier alpha value is -2.30. The number of carbonyl (C=O) groups excluding carboxylic acids is 1. The third kappa shape index (κ3) is 4.83. The zero-order valence-corrected chi connectivity index (χ0v) is 11.1. The van der Waals surface area contributed by atoms with E-state index in [-0.39, 0.29) is 11.8 Å². The molecule has 0 fully saturated rings. The molecule has 1 aromatic carbocycles. The molecule has 19 heavy (non-hydrogen) atoms. The molecule has 0 spiro atoms. The van der Waals surface area contributed by atoms with Crippen molar-refractivity contribution in [2.75, 3.05) is 0 Å². The molecule has 5 nitrogen and oxygen atoms in total. The molecule has 0 saturated carbocycles. The Labute approximate surface area is 111 Å². The fourth-order valence-corrected chi connectivity index (χ4v) is 1.46. The molecule has 0 aliphatic rings. The molecule has 0 bridgehead atoms. The maximum Gasteiger partial charge on any atom is 0.352 e. The van der Waals surface area contributed by atoms with E-state index in [0.717, 1.165) is 0 Å². The van der Waals surface area contributed by atoms with Crippen molar-refractivity contribution < 1.29 is 19.4 Å². The molecular formula is C14H17NO4. The molecule has 0 radical (unpaired) electrons. The molecule has 0 atom stereocenters. The van der Waals surface area contributed by atoms with E-state index in [0.29, 0.717) is 11.3 Å². The first kappa shape index (κ1) is 14.8. The average Bonchev–Trinajstić information content (AvgIpc) is 2.29. The lowest BCUT2D eigenvalue weighted by atomic mass is 10.1. The number of rotatable bonds is 5. The average molecular weight is 263 g/mol. The van der Waals surface area contributed by atoms with Crippen LogP contribution in [0, 0.1) is 0 Å². The van der Waals surface area contributed by atoms with Crippen molar-refractivity contribution in [1.82, 2.24) is 5.32 Å². The molecule has 1 aromatic rings. The summed E-state index contributed by atoms with van der Waals surface area (Å²) in [5, 5.41) is 11.3. The Morgan fingerprint density at radius 1 is 1.32 bits per heavy atom. The standard InChI is InChI=1S/C14H17NO4/c1-9(2)19-13-7-5-4-6-11(13)8-12(14(17)18)15-10(3)16/h4-9H,1-3H3,(H,15,16)(H,17,18). The van der Waals surface area contributed by atoms with Crippen LogP contribution in [0.5, 0.6) is 5.75 Å². The van der Waals surface area contributed by atoms with Crippen LogP contribution in [-0.2, 0) is 9.59 Å². The number of ether oxygens (including phenoxy) is 1. The number of hydrogen-bond donors (Lipinski definition) is 2. The fraction of sp³-hybridized carbons (Fsp3) is 0.286. The highest BCUT2D eigenvalue weighted by Crippen LogP contribution is 2.21. The smallest absolute Gasteiger partial charge is 0.352 e. The number of hydrogen-bond acceptors (Lipinski definition) is 3. The number of aliphatic carboxylic acids is 1. The van der Waals surface area contributed by atoms with E-state index in [4.69, 9.17) is 9.84 Å². The molecule has 5 heteroatoms. The van der Waals surface area contributed by atoms with Crippen LogP contribution in [0.3, 0.4) is 0 Å². The number of para-hydroxylation sites is 1. The maximum absolute atomic E-state index is 11.0. The molecule has 1 amide bonds. The second-order valence-electron chi connectivity index (χ2n) is 4.25. The van der Waals surface area contributed by atoms with Crippen LogP contribution in [-0.4, -0.2) is 23.1 Å². The van der Waals surface area contributed by atoms with Gasteiger partial charge in [-0.15, -0.1) is 0 Å². The van der Waals surface area contributed by atoms with E-state index in [1.54, 1.807) is 24.3 Å². The Bertz CT molecular complexity index is 506. The zero-order chi connectivity index (χ0) is 14.4. The monoisotopic (exact) mass is 263 g/mol. The lowest BCUT2D eigenvalue weighted by Gasteiger charge is -2.12. The second kappa shape index (κ2) is 6.58. The predicted octanol–water partition coefficient (Wildman–Crippen LogP) is 2.04. The Balaban J connectivity index is 3.13. The van der Waals surface area contributed by atoms with Crippen LogP contribution < -0.4 is 10.1 Å². The fourth-order valence-electron chi connectivity index (χ4n) is 1.46. The maximum atomic E-state index is 11.0. The van der Waals surface area contributed by atoms with Gasteiger partial charge in [-0.1, -0.05) is 18.2 Å². The van der Waals surface area contributed by atoms with E-state index >= 15 is 0 Å². The Morgan fingerprint density at radius 2 is 1.95 bits per heavy atom. The first-order chi connectivity index (χ1) is 8.90. The number of benzene rings is 1. The van der Waals surface area contributed by atoms with Gasteiger partial charge in [0.05, 0.1) is 6.10 Å². The van der Waals surface area contributed by atoms with Gasteiger partial charge in [0.15, 0.2) is 0 Å². The number of carboxylic acid groups (broad SMARTS) is 1. The molecule has 0 unspecified atom stereocenters. The molecule has 1 rings (SSSR count). The summed E-state index contributed by atoms with van der Waals surface area (Å²) in [6.07, 6.45) is 1.35. The van der Waals surface area contributed by atoms with Crippen LogP contribution in [0.1, 0.15) is 26.3 Å². The number of nitrogens with one attached hydrogen (secondary N) is 1. The van der Waals surface area contributed by atoms with Gasteiger partial charge in [0.2, 0.25) is 5.91 Å². The van der Waals surface area contributed by atoms with Gasteiger partial charge in [-0.25, -0.2) is 4.79 Å². The molecule has 102 valence electrons. The van der Waals surface area contributed by atoms with Gasteiger partial charge in [0.25, 0.3) is 0 Å². The molecule has 0 saturated heterocycles. The summed E-state index contributed by atoms with van der Waals surface area (Å²) in [4.78, 5) is 22.0. The highest BCUT2D eigenvalue weighted by molar-refractivity contribution is 5.96.